The van der Waals surface area contributed by atoms with Crippen molar-refractivity contribution in [1.82, 2.24) is 4.98 Å². The first-order valence-electron chi connectivity index (χ1n) is 8.45. The van der Waals surface area contributed by atoms with Gasteiger partial charge in [-0.05, 0) is 42.9 Å². The van der Waals surface area contributed by atoms with Gasteiger partial charge in [0.25, 0.3) is 0 Å². The Balaban J connectivity index is 1.89. The third kappa shape index (κ3) is 3.85. The second kappa shape index (κ2) is 7.62. The van der Waals surface area contributed by atoms with Gasteiger partial charge in [-0.25, -0.2) is 4.79 Å². The van der Waals surface area contributed by atoms with Crippen LogP contribution >= 0.6 is 0 Å². The molecule has 1 fully saturated rings. The van der Waals surface area contributed by atoms with E-state index in [9.17, 15) is 4.79 Å². The number of fused-ring (bicyclic) bond motifs is 1. The molecule has 24 heavy (non-hydrogen) atoms. The van der Waals surface area contributed by atoms with Gasteiger partial charge >= 0.3 is 5.97 Å². The van der Waals surface area contributed by atoms with Crippen LogP contribution in [0.5, 0.6) is 5.75 Å². The number of aromatic nitrogens is 1. The van der Waals surface area contributed by atoms with E-state index in [4.69, 9.17) is 14.2 Å². The van der Waals surface area contributed by atoms with Gasteiger partial charge in [-0.3, -0.25) is 4.98 Å². The molecule has 1 aliphatic carbocycles. The van der Waals surface area contributed by atoms with Crippen molar-refractivity contribution in [2.45, 2.75) is 32.1 Å². The number of carbonyl (C=O) groups is 1. The van der Waals surface area contributed by atoms with Crippen LogP contribution in [0.1, 0.15) is 48.0 Å². The Morgan fingerprint density at radius 1 is 1.21 bits per heavy atom. The van der Waals surface area contributed by atoms with Crippen LogP contribution in [0.25, 0.3) is 10.9 Å². The minimum atomic E-state index is -0.320. The van der Waals surface area contributed by atoms with Gasteiger partial charge in [-0.2, -0.15) is 0 Å². The maximum atomic E-state index is 12.0. The lowest BCUT2D eigenvalue weighted by atomic mass is 10.0. The Kier molecular flexibility index (Phi) is 5.30. The van der Waals surface area contributed by atoms with Gasteiger partial charge in [0.1, 0.15) is 12.4 Å². The van der Waals surface area contributed by atoms with Crippen LogP contribution in [-0.2, 0) is 9.47 Å². The Morgan fingerprint density at radius 3 is 2.75 bits per heavy atom. The summed E-state index contributed by atoms with van der Waals surface area (Å²) >= 11 is 0. The SMILES string of the molecule is CCCOC(=O)c1cnc2cc(OCCOC)c(C3CC3)cc2c1. The third-order valence-electron chi connectivity index (χ3n) is 4.05. The average Bonchev–Trinajstić information content (AvgIpc) is 3.43. The van der Waals surface area contributed by atoms with Gasteiger partial charge in [-0.15, -0.1) is 0 Å². The molecule has 0 atom stereocenters. The van der Waals surface area contributed by atoms with E-state index in [1.807, 2.05) is 19.1 Å². The fourth-order valence-electron chi connectivity index (χ4n) is 2.64. The summed E-state index contributed by atoms with van der Waals surface area (Å²) in [7, 11) is 1.66. The van der Waals surface area contributed by atoms with E-state index in [2.05, 4.69) is 11.1 Å². The zero-order valence-corrected chi connectivity index (χ0v) is 14.2. The molecule has 0 bridgehead atoms. The number of carbonyl (C=O) groups excluding carboxylic acids is 1. The van der Waals surface area contributed by atoms with E-state index in [-0.39, 0.29) is 5.97 Å². The number of nitrogens with zero attached hydrogens (tertiary/aromatic N) is 1. The molecule has 5 nitrogen and oxygen atoms in total. The molecule has 1 saturated carbocycles. The molecule has 128 valence electrons. The van der Waals surface area contributed by atoms with Crippen LogP contribution in [0.3, 0.4) is 0 Å². The van der Waals surface area contributed by atoms with E-state index in [0.717, 1.165) is 23.1 Å². The topological polar surface area (TPSA) is 57.7 Å². The first kappa shape index (κ1) is 16.7. The summed E-state index contributed by atoms with van der Waals surface area (Å²) in [5.74, 6) is 1.10. The zero-order valence-electron chi connectivity index (χ0n) is 14.2. The van der Waals surface area contributed by atoms with Gasteiger partial charge < -0.3 is 14.2 Å². The fraction of sp³-hybridized carbons (Fsp3) is 0.474. The molecule has 0 unspecified atom stereocenters. The molecular weight excluding hydrogens is 306 g/mol. The Bertz CT molecular complexity index is 725. The van der Waals surface area contributed by atoms with Crippen LogP contribution in [0.15, 0.2) is 24.4 Å². The highest BCUT2D eigenvalue weighted by Gasteiger charge is 2.27. The van der Waals surface area contributed by atoms with E-state index in [1.165, 1.54) is 18.4 Å². The summed E-state index contributed by atoms with van der Waals surface area (Å²) in [5.41, 5.74) is 2.50. The van der Waals surface area contributed by atoms with Gasteiger partial charge in [0.05, 0.1) is 24.3 Å². The molecule has 1 aromatic heterocycles. The summed E-state index contributed by atoms with van der Waals surface area (Å²) in [6.45, 7) is 3.47. The standard InChI is InChI=1S/C19H23NO4/c1-3-6-24-19(21)15-9-14-10-16(13-4-5-13)18(23-8-7-22-2)11-17(14)20-12-15/h9-13H,3-8H2,1-2H3. The van der Waals surface area contributed by atoms with Gasteiger partial charge in [0, 0.05) is 24.8 Å². The number of ether oxygens (including phenoxy) is 3. The Labute approximate surface area is 141 Å². The van der Waals surface area contributed by atoms with Gasteiger partial charge in [-0.1, -0.05) is 6.92 Å². The first-order valence-corrected chi connectivity index (χ1v) is 8.45. The van der Waals surface area contributed by atoms with Crippen LogP contribution in [0.2, 0.25) is 0 Å². The number of hydrogen-bond donors (Lipinski definition) is 0. The minimum absolute atomic E-state index is 0.320. The quantitative estimate of drug-likeness (QED) is 0.546. The molecular formula is C19H23NO4. The predicted octanol–water partition coefficient (Wildman–Crippen LogP) is 3.70. The number of rotatable bonds is 8. The van der Waals surface area contributed by atoms with Crippen molar-refractivity contribution < 1.29 is 19.0 Å². The normalized spacial score (nSPS) is 13.9. The summed E-state index contributed by atoms with van der Waals surface area (Å²) < 4.78 is 16.1. The smallest absolute Gasteiger partial charge is 0.339 e. The van der Waals surface area contributed by atoms with Gasteiger partial charge in [0.15, 0.2) is 0 Å². The summed E-state index contributed by atoms with van der Waals surface area (Å²) in [6.07, 6.45) is 4.73. The highest BCUT2D eigenvalue weighted by molar-refractivity contribution is 5.94. The Hall–Kier alpha value is -2.14. The minimum Gasteiger partial charge on any atom is -0.491 e. The molecule has 1 heterocycles. The van der Waals surface area contributed by atoms with E-state index >= 15 is 0 Å². The van der Waals surface area contributed by atoms with Crippen LogP contribution in [0, 0.1) is 0 Å². The second-order valence-corrected chi connectivity index (χ2v) is 6.06. The lowest BCUT2D eigenvalue weighted by Crippen LogP contribution is -2.07. The van der Waals surface area contributed by atoms with Crippen molar-refractivity contribution in [2.24, 2.45) is 0 Å². The molecule has 0 amide bonds. The van der Waals surface area contributed by atoms with E-state index in [0.29, 0.717) is 31.3 Å². The average molecular weight is 329 g/mol. The maximum absolute atomic E-state index is 12.0. The molecule has 5 heteroatoms. The van der Waals surface area contributed by atoms with Crippen molar-refractivity contribution in [3.05, 3.63) is 35.5 Å². The van der Waals surface area contributed by atoms with Gasteiger partial charge in [0.2, 0.25) is 0 Å². The fourth-order valence-corrected chi connectivity index (χ4v) is 2.64. The molecule has 0 N–H and O–H groups in total. The molecule has 1 aromatic carbocycles. The van der Waals surface area contributed by atoms with Crippen molar-refractivity contribution in [1.29, 1.82) is 0 Å². The highest BCUT2D eigenvalue weighted by Crippen LogP contribution is 2.45. The zero-order chi connectivity index (χ0) is 16.9. The molecule has 0 aliphatic heterocycles. The number of benzene rings is 1. The van der Waals surface area contributed by atoms with Crippen molar-refractivity contribution >= 4 is 16.9 Å². The second-order valence-electron chi connectivity index (χ2n) is 6.06. The summed E-state index contributed by atoms with van der Waals surface area (Å²) in [6, 6.07) is 5.91. The summed E-state index contributed by atoms with van der Waals surface area (Å²) in [4.78, 5) is 16.4. The number of hydrogen-bond acceptors (Lipinski definition) is 5. The van der Waals surface area contributed by atoms with Crippen molar-refractivity contribution in [2.75, 3.05) is 26.9 Å². The van der Waals surface area contributed by atoms with Crippen LogP contribution in [-0.4, -0.2) is 37.9 Å². The van der Waals surface area contributed by atoms with E-state index in [1.54, 1.807) is 13.3 Å². The lowest BCUT2D eigenvalue weighted by molar-refractivity contribution is 0.0505. The van der Waals surface area contributed by atoms with Crippen LogP contribution in [0.4, 0.5) is 0 Å². The molecule has 0 radical (unpaired) electrons. The largest absolute Gasteiger partial charge is 0.491 e. The predicted molar refractivity (Wildman–Crippen MR) is 91.7 cm³/mol. The molecule has 1 aliphatic rings. The van der Waals surface area contributed by atoms with Crippen LogP contribution < -0.4 is 4.74 Å². The van der Waals surface area contributed by atoms with Crippen molar-refractivity contribution in [3.8, 4) is 5.75 Å². The summed E-state index contributed by atoms with van der Waals surface area (Å²) in [5, 5.41) is 0.946. The molecule has 2 aromatic rings. The molecule has 0 spiro atoms. The number of methoxy groups -OCH3 is 1. The maximum Gasteiger partial charge on any atom is 0.339 e. The lowest BCUT2D eigenvalue weighted by Gasteiger charge is -2.13. The third-order valence-corrected chi connectivity index (χ3v) is 4.05. The number of esters is 1. The Morgan fingerprint density at radius 2 is 2.04 bits per heavy atom. The van der Waals surface area contributed by atoms with E-state index < -0.39 is 0 Å². The monoisotopic (exact) mass is 329 g/mol. The van der Waals surface area contributed by atoms with Crippen molar-refractivity contribution in [3.63, 3.8) is 0 Å². The first-order chi connectivity index (χ1) is 11.7. The molecule has 0 saturated heterocycles. The number of pyridine rings is 1. The highest BCUT2D eigenvalue weighted by atomic mass is 16.5. The molecule has 3 rings (SSSR count).